The van der Waals surface area contributed by atoms with Gasteiger partial charge in [0.2, 0.25) is 11.4 Å². The first-order valence-corrected chi connectivity index (χ1v) is 20.8. The first-order valence-electron chi connectivity index (χ1n) is 20.8. The fourth-order valence-electron chi connectivity index (χ4n) is 7.19. The number of hydrogen-bond acceptors (Lipinski definition) is 0. The molecular formula is C49H76N2Ni. The summed E-state index contributed by atoms with van der Waals surface area (Å²) in [5.74, 6) is 7.27. The molecule has 0 amide bonds. The summed E-state index contributed by atoms with van der Waals surface area (Å²) < 4.78 is 1.51. The molecule has 0 radical (unpaired) electrons. The minimum atomic E-state index is 0. The minimum absolute atomic E-state index is 0. The molecule has 0 fully saturated rings. The molecule has 2 nitrogen and oxygen atoms in total. The van der Waals surface area contributed by atoms with Gasteiger partial charge in [0.25, 0.3) is 0 Å². The maximum atomic E-state index is 12.1. The van der Waals surface area contributed by atoms with Gasteiger partial charge in [0.1, 0.15) is 5.57 Å². The van der Waals surface area contributed by atoms with Crippen LogP contribution in [0.1, 0.15) is 198 Å². The van der Waals surface area contributed by atoms with Crippen LogP contribution in [0.25, 0.3) is 16.9 Å². The van der Waals surface area contributed by atoms with Gasteiger partial charge in [0.05, 0.1) is 0 Å². The molecule has 292 valence electrons. The van der Waals surface area contributed by atoms with Gasteiger partial charge in [-0.1, -0.05) is 173 Å². The van der Waals surface area contributed by atoms with E-state index in [1.54, 1.807) is 0 Å². The Morgan fingerprint density at radius 2 is 0.923 bits per heavy atom. The van der Waals surface area contributed by atoms with Crippen LogP contribution >= 0.6 is 0 Å². The first-order chi connectivity index (χ1) is 24.1. The summed E-state index contributed by atoms with van der Waals surface area (Å²) in [6.07, 6.45) is 31.0. The number of hydrogen-bond donors (Lipinski definition) is 0. The van der Waals surface area contributed by atoms with Crippen LogP contribution in [0, 0.1) is 26.7 Å². The summed E-state index contributed by atoms with van der Waals surface area (Å²) in [4.78, 5) is 0. The third-order valence-corrected chi connectivity index (χ3v) is 10.2. The van der Waals surface area contributed by atoms with E-state index >= 15 is 0 Å². The summed E-state index contributed by atoms with van der Waals surface area (Å²) in [5.41, 5.74) is 21.1. The van der Waals surface area contributed by atoms with Crippen molar-refractivity contribution in [2.24, 2.45) is 0 Å². The van der Waals surface area contributed by atoms with E-state index in [2.05, 4.69) is 88.1 Å². The predicted molar refractivity (Wildman–Crippen MR) is 227 cm³/mol. The second-order valence-electron chi connectivity index (χ2n) is 14.6. The number of aryl methyl sites for hydroxylation is 2. The van der Waals surface area contributed by atoms with E-state index in [9.17, 15) is 5.53 Å². The van der Waals surface area contributed by atoms with Gasteiger partial charge in [0, 0.05) is 23.1 Å². The van der Waals surface area contributed by atoms with Crippen LogP contribution in [0.5, 0.6) is 0 Å². The third kappa shape index (κ3) is 17.6. The molecule has 0 spiro atoms. The Hall–Kier alpha value is -2.43. The summed E-state index contributed by atoms with van der Waals surface area (Å²) in [6.45, 7) is 9.09. The number of allylic oxidation sites excluding steroid dienone is 2. The molecule has 0 atom stereocenters. The molecule has 52 heavy (non-hydrogen) atoms. The van der Waals surface area contributed by atoms with Crippen LogP contribution in [-0.4, -0.2) is 4.70 Å². The van der Waals surface area contributed by atoms with Gasteiger partial charge in [0.15, 0.2) is 0 Å². The summed E-state index contributed by atoms with van der Waals surface area (Å²) >= 11 is 0. The Morgan fingerprint density at radius 3 is 1.46 bits per heavy atom. The van der Waals surface area contributed by atoms with Crippen molar-refractivity contribution in [3.05, 3.63) is 102 Å². The van der Waals surface area contributed by atoms with Crippen LogP contribution in [0.4, 0.5) is 0 Å². The molecule has 0 unspecified atom stereocenters. The maximum absolute atomic E-state index is 12.1. The van der Waals surface area contributed by atoms with E-state index in [4.69, 9.17) is 0 Å². The van der Waals surface area contributed by atoms with E-state index in [1.807, 2.05) is 0 Å². The van der Waals surface area contributed by atoms with Crippen molar-refractivity contribution in [3.8, 4) is 11.8 Å². The minimum Gasteiger partial charge on any atom is -0.493 e. The van der Waals surface area contributed by atoms with Gasteiger partial charge in [-0.25, -0.2) is 4.70 Å². The van der Waals surface area contributed by atoms with Crippen LogP contribution in [-0.2, 0) is 29.3 Å². The molecule has 0 saturated heterocycles. The number of nitrogens with zero attached hydrogens (tertiary/aromatic N) is 2. The average Bonchev–Trinajstić information content (AvgIpc) is 3.39. The molecular weight excluding hydrogens is 675 g/mol. The molecule has 2 aromatic carbocycles. The van der Waals surface area contributed by atoms with Gasteiger partial charge in [-0.15, -0.1) is 0 Å². The Morgan fingerprint density at radius 1 is 0.500 bits per heavy atom. The summed E-state index contributed by atoms with van der Waals surface area (Å²) in [6, 6.07) is 17.8. The zero-order valence-corrected chi connectivity index (χ0v) is 35.5. The van der Waals surface area contributed by atoms with Crippen LogP contribution in [0.3, 0.4) is 0 Å². The van der Waals surface area contributed by atoms with Crippen molar-refractivity contribution >= 4 is 11.4 Å². The van der Waals surface area contributed by atoms with Crippen molar-refractivity contribution in [3.63, 3.8) is 0 Å². The maximum Gasteiger partial charge on any atom is 2.00 e. The van der Waals surface area contributed by atoms with Crippen molar-refractivity contribution in [2.75, 3.05) is 0 Å². The van der Waals surface area contributed by atoms with E-state index in [-0.39, 0.29) is 31.3 Å². The molecule has 1 heterocycles. The Kier molecular flexibility index (Phi) is 29.5. The fourth-order valence-corrected chi connectivity index (χ4v) is 7.19. The van der Waals surface area contributed by atoms with Crippen LogP contribution in [0.2, 0.25) is 0 Å². The zero-order valence-electron chi connectivity index (χ0n) is 34.5. The number of benzene rings is 2. The third-order valence-electron chi connectivity index (χ3n) is 10.2. The fraction of sp³-hybridized carbons (Fsp3) is 0.592. The van der Waals surface area contributed by atoms with Gasteiger partial charge in [-0.05, 0) is 80.3 Å². The molecule has 3 rings (SSSR count). The second kappa shape index (κ2) is 31.0. The summed E-state index contributed by atoms with van der Waals surface area (Å²) in [7, 11) is 0. The van der Waals surface area contributed by atoms with Crippen LogP contribution < -0.4 is 0 Å². The van der Waals surface area contributed by atoms with Crippen molar-refractivity contribution in [2.45, 2.75) is 188 Å². The van der Waals surface area contributed by atoms with E-state index in [0.29, 0.717) is 0 Å². The van der Waals surface area contributed by atoms with Crippen molar-refractivity contribution in [1.82, 2.24) is 0 Å². The topological polar surface area (TPSA) is 25.3 Å². The molecule has 0 saturated carbocycles. The predicted octanol–water partition coefficient (Wildman–Crippen LogP) is 15.9. The summed E-state index contributed by atoms with van der Waals surface area (Å²) in [5, 5.41) is 0. The van der Waals surface area contributed by atoms with E-state index in [1.165, 1.54) is 143 Å². The monoisotopic (exact) mass is 751 g/mol. The molecule has 2 aromatic rings. The molecule has 0 aliphatic carbocycles. The van der Waals surface area contributed by atoms with Crippen molar-refractivity contribution in [1.29, 1.82) is 0 Å². The Bertz CT molecular complexity index is 1370. The largest absolute Gasteiger partial charge is 2.00 e. The van der Waals surface area contributed by atoms with Gasteiger partial charge in [-0.3, -0.25) is 0 Å². The molecule has 0 bridgehead atoms. The van der Waals surface area contributed by atoms with Gasteiger partial charge in [-0.2, -0.15) is 0 Å². The zero-order chi connectivity index (χ0) is 34.9. The van der Waals surface area contributed by atoms with Crippen molar-refractivity contribution < 1.29 is 21.2 Å². The standard InChI is InChI=1S/C47H70N2.2CH3.Ni/c1-5-9-13-15-17-18-19-20-21-22-24-27-37-45-44(36-25-11-7-3)46(43-35-29-33-41(39-43)31-26-23-16-14-10-6-2)49(48)47(45)42-34-28-32-40(38-42)30-12-8-4;;;/h28-29,32-35,38-39H,5-26,30-31,36H2,1-4H3;2*1H3;/q;2*-1;+2. The number of unbranched alkanes of at least 4 members (excludes halogenated alkanes) is 18. The Balaban J connectivity index is 0.00000867. The molecule has 1 aliphatic heterocycles. The smallest absolute Gasteiger partial charge is 0.493 e. The average molecular weight is 752 g/mol. The molecule has 0 N–H and O–H groups in total. The first kappa shape index (κ1) is 49.6. The van der Waals surface area contributed by atoms with Crippen LogP contribution in [0.15, 0.2) is 59.7 Å². The second-order valence-corrected chi connectivity index (χ2v) is 14.6. The normalized spacial score (nSPS) is 12.3. The molecule has 0 aromatic heterocycles. The molecule has 1 aliphatic rings. The molecule has 3 heteroatoms. The Labute approximate surface area is 333 Å². The van der Waals surface area contributed by atoms with E-state index < -0.39 is 0 Å². The van der Waals surface area contributed by atoms with E-state index in [0.717, 1.165) is 66.6 Å². The quantitative estimate of drug-likeness (QED) is 0.0301. The van der Waals surface area contributed by atoms with Gasteiger partial charge >= 0.3 is 16.5 Å². The van der Waals surface area contributed by atoms with Gasteiger partial charge < -0.3 is 20.4 Å². The number of rotatable bonds is 26. The SMILES string of the molecule is CCCCCCCCCCCCC#CC1=C(c2cccc(CCCC)c2)[N+](=[N-])C(c2cccc(CCCCCCCC)c2)=C1CCCCC.[CH3-].[CH3-].[Ni+2].